The summed E-state index contributed by atoms with van der Waals surface area (Å²) in [5, 5.41) is 5.11. The van der Waals surface area contributed by atoms with Crippen LogP contribution in [0.25, 0.3) is 22.2 Å². The van der Waals surface area contributed by atoms with Crippen LogP contribution in [0.1, 0.15) is 25.3 Å². The van der Waals surface area contributed by atoms with Gasteiger partial charge in [-0.2, -0.15) is 0 Å². The van der Waals surface area contributed by atoms with E-state index in [0.717, 1.165) is 33.4 Å². The minimum Gasteiger partial charge on any atom is -0.367 e. The van der Waals surface area contributed by atoms with E-state index in [9.17, 15) is 9.18 Å². The molecule has 1 saturated heterocycles. The van der Waals surface area contributed by atoms with Gasteiger partial charge in [0.15, 0.2) is 0 Å². The zero-order chi connectivity index (χ0) is 25.9. The molecule has 6 nitrogen and oxygen atoms in total. The first-order valence-electron chi connectivity index (χ1n) is 12.7. The van der Waals surface area contributed by atoms with Crippen molar-refractivity contribution in [3.63, 3.8) is 0 Å². The highest BCUT2D eigenvalue weighted by atomic mass is 35.5. The van der Waals surface area contributed by atoms with Crippen molar-refractivity contribution in [2.75, 3.05) is 37.6 Å². The van der Waals surface area contributed by atoms with E-state index in [0.29, 0.717) is 37.7 Å². The molecule has 0 radical (unpaired) electrons. The molecule has 37 heavy (non-hydrogen) atoms. The van der Waals surface area contributed by atoms with Crippen molar-refractivity contribution < 1.29 is 9.18 Å². The van der Waals surface area contributed by atoms with Gasteiger partial charge in [0, 0.05) is 67.1 Å². The molecule has 1 atom stereocenters. The maximum atomic E-state index is 13.7. The topological polar surface area (TPSA) is 64.3 Å². The zero-order valence-electron chi connectivity index (χ0n) is 21.0. The summed E-state index contributed by atoms with van der Waals surface area (Å²) in [5.74, 6) is -0.427. The van der Waals surface area contributed by atoms with Crippen molar-refractivity contribution in [3.05, 3.63) is 83.4 Å². The number of piperazine rings is 1. The van der Waals surface area contributed by atoms with Gasteiger partial charge in [0.25, 0.3) is 0 Å². The van der Waals surface area contributed by atoms with Crippen LogP contribution in [0, 0.1) is 5.82 Å². The average Bonchev–Trinajstić information content (AvgIpc) is 3.39. The number of benzene rings is 2. The van der Waals surface area contributed by atoms with Crippen molar-refractivity contribution in [3.8, 4) is 11.1 Å². The summed E-state index contributed by atoms with van der Waals surface area (Å²) in [6, 6.07) is 16.4. The third-order valence-electron chi connectivity index (χ3n) is 6.92. The van der Waals surface area contributed by atoms with Gasteiger partial charge in [0.05, 0.1) is 11.6 Å². The third kappa shape index (κ3) is 5.48. The van der Waals surface area contributed by atoms with E-state index in [1.54, 1.807) is 12.1 Å². The molecular weight excluding hydrogens is 489 g/mol. The number of fused-ring (bicyclic) bond motifs is 1. The zero-order valence-corrected chi connectivity index (χ0v) is 21.8. The Balaban J connectivity index is 1.38. The van der Waals surface area contributed by atoms with E-state index in [2.05, 4.69) is 34.0 Å². The molecule has 2 aromatic heterocycles. The second-order valence-electron chi connectivity index (χ2n) is 9.75. The maximum absolute atomic E-state index is 13.7. The summed E-state index contributed by atoms with van der Waals surface area (Å²) in [6.07, 6.45) is 3.72. The summed E-state index contributed by atoms with van der Waals surface area (Å²) in [7, 11) is 0. The van der Waals surface area contributed by atoms with E-state index in [-0.39, 0.29) is 23.7 Å². The fraction of sp³-hybridized carbons (Fsp3) is 0.310. The lowest BCUT2D eigenvalue weighted by Crippen LogP contribution is -2.51. The third-order valence-corrected chi connectivity index (χ3v) is 7.17. The molecule has 2 aromatic carbocycles. The lowest BCUT2D eigenvalue weighted by Gasteiger charge is -2.38. The van der Waals surface area contributed by atoms with Crippen LogP contribution in [-0.2, 0) is 4.79 Å². The first-order valence-corrected chi connectivity index (χ1v) is 13.0. The number of carbonyl (C=O) groups excluding carboxylic acids is 1. The average molecular weight is 520 g/mol. The molecule has 1 fully saturated rings. The lowest BCUT2D eigenvalue weighted by atomic mass is 9.96. The van der Waals surface area contributed by atoms with Gasteiger partial charge >= 0.3 is 0 Å². The molecule has 3 heterocycles. The Hall–Kier alpha value is -3.42. The van der Waals surface area contributed by atoms with Crippen LogP contribution in [-0.4, -0.2) is 59.5 Å². The molecule has 8 heteroatoms. The van der Waals surface area contributed by atoms with Gasteiger partial charge in [-0.25, -0.2) is 9.37 Å². The van der Waals surface area contributed by atoms with Crippen LogP contribution in [0.2, 0.25) is 5.02 Å². The second-order valence-corrected chi connectivity index (χ2v) is 10.2. The number of pyridine rings is 1. The number of H-pyrrole nitrogens is 1. The van der Waals surface area contributed by atoms with Gasteiger partial charge in [-0.15, -0.1) is 0 Å². The monoisotopic (exact) mass is 519 g/mol. The molecule has 1 amide bonds. The first kappa shape index (κ1) is 25.2. The number of aromatic amines is 1. The van der Waals surface area contributed by atoms with E-state index in [1.165, 1.54) is 12.1 Å². The van der Waals surface area contributed by atoms with E-state index in [4.69, 9.17) is 11.6 Å². The van der Waals surface area contributed by atoms with Crippen LogP contribution in [0.15, 0.2) is 67.0 Å². The number of aromatic nitrogens is 2. The standard InChI is InChI=1S/C29H31ClFN5O/c1-19(2)33-18-26(21-3-7-22(30)8-4-21)29(37)36-15-13-35(14-16-36)27-24-11-12-32-28(24)34-17-25(27)20-5-9-23(31)10-6-20/h3-12,17,19,26,33H,13-16,18H2,1-2H3,(H,32,34). The van der Waals surface area contributed by atoms with Crippen molar-refractivity contribution in [2.45, 2.75) is 25.8 Å². The summed E-state index contributed by atoms with van der Waals surface area (Å²) >= 11 is 6.10. The molecule has 0 aliphatic carbocycles. The quantitative estimate of drug-likeness (QED) is 0.340. The molecule has 2 N–H and O–H groups in total. The van der Waals surface area contributed by atoms with Crippen molar-refractivity contribution in [2.24, 2.45) is 0 Å². The number of nitrogens with one attached hydrogen (secondary N) is 2. The number of rotatable bonds is 7. The molecule has 1 aliphatic heterocycles. The maximum Gasteiger partial charge on any atom is 0.231 e. The lowest BCUT2D eigenvalue weighted by molar-refractivity contribution is -0.133. The number of hydrogen-bond acceptors (Lipinski definition) is 4. The number of nitrogens with zero attached hydrogens (tertiary/aromatic N) is 3. The van der Waals surface area contributed by atoms with Crippen molar-refractivity contribution in [1.82, 2.24) is 20.2 Å². The fourth-order valence-electron chi connectivity index (χ4n) is 4.94. The van der Waals surface area contributed by atoms with Crippen molar-refractivity contribution in [1.29, 1.82) is 0 Å². The van der Waals surface area contributed by atoms with Crippen LogP contribution in [0.3, 0.4) is 0 Å². The predicted molar refractivity (Wildman–Crippen MR) is 148 cm³/mol. The molecule has 1 aliphatic rings. The molecule has 192 valence electrons. The van der Waals surface area contributed by atoms with E-state index < -0.39 is 0 Å². The minimum atomic E-state index is -0.279. The predicted octanol–water partition coefficient (Wildman–Crippen LogP) is 5.45. The molecule has 1 unspecified atom stereocenters. The Bertz CT molecular complexity index is 1360. The van der Waals surface area contributed by atoms with E-state index >= 15 is 0 Å². The van der Waals surface area contributed by atoms with Gasteiger partial charge in [-0.1, -0.05) is 49.7 Å². The highest BCUT2D eigenvalue weighted by molar-refractivity contribution is 6.30. The Morgan fingerprint density at radius 1 is 1.05 bits per heavy atom. The highest BCUT2D eigenvalue weighted by Gasteiger charge is 2.30. The normalized spacial score (nSPS) is 14.9. The Kier molecular flexibility index (Phi) is 7.44. The second kappa shape index (κ2) is 10.9. The number of halogens is 2. The molecule has 5 rings (SSSR count). The van der Waals surface area contributed by atoms with Gasteiger partial charge in [0.1, 0.15) is 11.5 Å². The number of anilines is 1. The molecule has 0 saturated carbocycles. The van der Waals surface area contributed by atoms with Gasteiger partial charge in [0.2, 0.25) is 5.91 Å². The fourth-order valence-corrected chi connectivity index (χ4v) is 5.07. The van der Waals surface area contributed by atoms with Crippen LogP contribution >= 0.6 is 11.6 Å². The largest absolute Gasteiger partial charge is 0.367 e. The smallest absolute Gasteiger partial charge is 0.231 e. The Morgan fingerprint density at radius 2 is 1.76 bits per heavy atom. The van der Waals surface area contributed by atoms with Crippen LogP contribution in [0.4, 0.5) is 10.1 Å². The minimum absolute atomic E-state index is 0.121. The Labute approximate surface area is 221 Å². The summed E-state index contributed by atoms with van der Waals surface area (Å²) in [5.41, 5.74) is 4.69. The highest BCUT2D eigenvalue weighted by Crippen LogP contribution is 2.37. The van der Waals surface area contributed by atoms with Crippen LogP contribution in [0.5, 0.6) is 0 Å². The van der Waals surface area contributed by atoms with E-state index in [1.807, 2.05) is 47.6 Å². The number of hydrogen-bond donors (Lipinski definition) is 2. The molecule has 0 bridgehead atoms. The molecular formula is C29H31ClFN5O. The number of amides is 1. The van der Waals surface area contributed by atoms with Gasteiger partial charge in [-0.05, 0) is 41.5 Å². The SMILES string of the molecule is CC(C)NCC(C(=O)N1CCN(c2c(-c3ccc(F)cc3)cnc3[nH]ccc23)CC1)c1ccc(Cl)cc1. The molecule has 4 aromatic rings. The Morgan fingerprint density at radius 3 is 2.43 bits per heavy atom. The molecule has 0 spiro atoms. The van der Waals surface area contributed by atoms with Crippen LogP contribution < -0.4 is 10.2 Å². The summed E-state index contributed by atoms with van der Waals surface area (Å²) < 4.78 is 13.6. The number of carbonyl (C=O) groups is 1. The van der Waals surface area contributed by atoms with Gasteiger partial charge < -0.3 is 20.1 Å². The van der Waals surface area contributed by atoms with Gasteiger partial charge in [-0.3, -0.25) is 4.79 Å². The summed E-state index contributed by atoms with van der Waals surface area (Å²) in [6.45, 7) is 7.34. The summed E-state index contributed by atoms with van der Waals surface area (Å²) in [4.78, 5) is 25.8. The first-order chi connectivity index (χ1) is 17.9. The van der Waals surface area contributed by atoms with Crippen molar-refractivity contribution >= 4 is 34.2 Å².